The standard InChI is InChI=1S/C41H40F5N3O3S/c1-27-6-15-36-34(22-27)37(50)23-39(53-26-31-4-3-5-35(42)40(31)43)49(36)25-38(51)48(33-16-18-47(19-17-33)20-21-52-2)24-28-7-9-29(10-8-28)30-11-13-32(14-12-30)41(44,45)46/h3-15,22-23,33H,16-21,24-26H2,1-2H3/i2D3,6D,15D,20D2,22D,23D,24D2,25D2,26D2. The fourth-order valence-corrected chi connectivity index (χ4v) is 6.33. The van der Waals surface area contributed by atoms with E-state index in [1.807, 2.05) is 0 Å². The first kappa shape index (κ1) is 23.3. The highest BCUT2D eigenvalue weighted by Gasteiger charge is 2.31. The molecule has 1 amide bonds. The zero-order valence-corrected chi connectivity index (χ0v) is 28.6. The average Bonchev–Trinajstić information content (AvgIpc) is 3.26. The Balaban J connectivity index is 1.54. The molecule has 12 heteroatoms. The van der Waals surface area contributed by atoms with Crippen molar-refractivity contribution in [1.82, 2.24) is 14.4 Å². The van der Waals surface area contributed by atoms with Gasteiger partial charge < -0.3 is 19.1 Å². The van der Waals surface area contributed by atoms with Gasteiger partial charge in [-0.15, -0.1) is 11.8 Å². The van der Waals surface area contributed by atoms with Gasteiger partial charge in [0.05, 0.1) is 37.8 Å². The molecule has 1 aromatic heterocycles. The number of carbonyl (C=O) groups is 1. The Bertz CT molecular complexity index is 2800. The third kappa shape index (κ3) is 9.17. The monoisotopic (exact) mass is 764 g/mol. The molecule has 0 spiro atoms. The van der Waals surface area contributed by atoms with Gasteiger partial charge in [0.25, 0.3) is 0 Å². The molecule has 0 radical (unpaired) electrons. The Morgan fingerprint density at radius 2 is 1.72 bits per heavy atom. The Hall–Kier alpha value is -4.52. The fraction of sp³-hybridized carbons (Fsp3) is 0.317. The number of hydrogen-bond donors (Lipinski definition) is 0. The van der Waals surface area contributed by atoms with Crippen LogP contribution in [0.5, 0.6) is 0 Å². The minimum Gasteiger partial charge on any atom is -0.383 e. The number of nitrogens with zero attached hydrogens (tertiary/aromatic N) is 3. The average molecular weight is 765 g/mol. The number of methoxy groups -OCH3 is 1. The molecule has 4 aromatic carbocycles. The van der Waals surface area contributed by atoms with Crippen molar-refractivity contribution in [3.63, 3.8) is 0 Å². The van der Waals surface area contributed by atoms with Crippen molar-refractivity contribution in [1.29, 1.82) is 0 Å². The molecular weight excluding hydrogens is 710 g/mol. The normalized spacial score (nSPS) is 19.6. The number of amides is 1. The van der Waals surface area contributed by atoms with Crippen LogP contribution in [0.15, 0.2) is 101 Å². The van der Waals surface area contributed by atoms with Gasteiger partial charge >= 0.3 is 6.18 Å². The minimum atomic E-state index is -4.63. The van der Waals surface area contributed by atoms with Crippen molar-refractivity contribution in [3.05, 3.63) is 135 Å². The number of benzene rings is 4. The maximum Gasteiger partial charge on any atom is 0.416 e. The third-order valence-electron chi connectivity index (χ3n) is 8.30. The first-order valence-electron chi connectivity index (χ1n) is 23.5. The van der Waals surface area contributed by atoms with Gasteiger partial charge in [0.1, 0.15) is 6.50 Å². The smallest absolute Gasteiger partial charge is 0.383 e. The van der Waals surface area contributed by atoms with Crippen molar-refractivity contribution < 1.29 is 52.0 Å². The van der Waals surface area contributed by atoms with Crippen molar-refractivity contribution in [2.75, 3.05) is 33.2 Å². The summed E-state index contributed by atoms with van der Waals surface area (Å²) in [6.45, 7) is -9.71. The Morgan fingerprint density at radius 3 is 2.40 bits per heavy atom. The molecule has 0 aliphatic carbocycles. The van der Waals surface area contributed by atoms with Gasteiger partial charge in [-0.25, -0.2) is 8.78 Å². The van der Waals surface area contributed by atoms with Crippen LogP contribution in [-0.2, 0) is 34.4 Å². The molecule has 1 aliphatic heterocycles. The van der Waals surface area contributed by atoms with Crippen molar-refractivity contribution >= 4 is 28.6 Å². The summed E-state index contributed by atoms with van der Waals surface area (Å²) in [6, 6.07) is 6.30. The zero-order chi connectivity index (χ0) is 50.9. The van der Waals surface area contributed by atoms with Gasteiger partial charge in [0.2, 0.25) is 5.91 Å². The summed E-state index contributed by atoms with van der Waals surface area (Å²) in [5, 5.41) is -1.96. The number of fused-ring (bicyclic) bond motifs is 1. The van der Waals surface area contributed by atoms with Gasteiger partial charge in [-0.1, -0.05) is 60.1 Å². The minimum absolute atomic E-state index is 0.197. The van der Waals surface area contributed by atoms with Gasteiger partial charge in [0.15, 0.2) is 17.1 Å². The number of ether oxygens (including phenoxy) is 1. The molecule has 1 aliphatic rings. The molecule has 6 rings (SSSR count). The highest BCUT2D eigenvalue weighted by molar-refractivity contribution is 7.98. The largest absolute Gasteiger partial charge is 0.416 e. The lowest BCUT2D eigenvalue weighted by molar-refractivity contribution is -0.137. The first-order valence-corrected chi connectivity index (χ1v) is 16.9. The van der Waals surface area contributed by atoms with Crippen LogP contribution in [0, 0.1) is 18.6 Å². The molecule has 0 N–H and O–H groups in total. The molecule has 278 valence electrons. The van der Waals surface area contributed by atoms with E-state index in [0.717, 1.165) is 29.2 Å². The van der Waals surface area contributed by atoms with Crippen LogP contribution in [0.4, 0.5) is 22.0 Å². The molecule has 0 saturated carbocycles. The van der Waals surface area contributed by atoms with Gasteiger partial charge in [0, 0.05) is 67.3 Å². The molecule has 0 unspecified atom stereocenters. The summed E-state index contributed by atoms with van der Waals surface area (Å²) in [7, 11) is -2.97. The van der Waals surface area contributed by atoms with Crippen LogP contribution in [0.1, 0.15) is 55.7 Å². The third-order valence-corrected chi connectivity index (χ3v) is 9.10. The predicted molar refractivity (Wildman–Crippen MR) is 198 cm³/mol. The van der Waals surface area contributed by atoms with E-state index in [2.05, 4.69) is 0 Å². The maximum atomic E-state index is 15.4. The number of pyridine rings is 1. The second kappa shape index (κ2) is 16.7. The molecule has 1 saturated heterocycles. The maximum absolute atomic E-state index is 15.4. The van der Waals surface area contributed by atoms with E-state index in [9.17, 15) is 27.8 Å². The first-order chi connectivity index (χ1) is 31.2. The SMILES string of the molecule is [2H]c1c(C)c([2H])c2c(=O)c([2H])c(SC([2H])([2H])c3cccc(F)c3F)n(C([2H])([2H])C(=O)N(C3CCN(C([2H])([2H])COC([2H])([2H])[2H])CC3)C([2H])([2H])c3ccc(-c4ccc(C(F)(F)F)cc4)cc3)c2c1[2H]. The van der Waals surface area contributed by atoms with Gasteiger partial charge in [-0.2, -0.15) is 13.2 Å². The van der Waals surface area contributed by atoms with E-state index in [1.54, 1.807) is 0 Å². The van der Waals surface area contributed by atoms with E-state index < -0.39 is 125 Å². The Labute approximate surface area is 330 Å². The van der Waals surface area contributed by atoms with Crippen LogP contribution in [0.3, 0.4) is 0 Å². The molecule has 0 bridgehead atoms. The van der Waals surface area contributed by atoms with Crippen LogP contribution >= 0.6 is 11.8 Å². The lowest BCUT2D eigenvalue weighted by Gasteiger charge is -2.39. The van der Waals surface area contributed by atoms with Crippen LogP contribution in [0.2, 0.25) is 0 Å². The van der Waals surface area contributed by atoms with E-state index in [0.29, 0.717) is 16.5 Å². The summed E-state index contributed by atoms with van der Waals surface area (Å²) in [5.41, 5.74) is -7.50. The number of carbonyl (C=O) groups excluding carboxylic acids is 1. The summed E-state index contributed by atoms with van der Waals surface area (Å²) in [4.78, 5) is 31.0. The Kier molecular flexibility index (Phi) is 7.32. The molecular formula is C41H40F5N3O3S. The molecule has 6 nitrogen and oxygen atoms in total. The zero-order valence-electron chi connectivity index (χ0n) is 42.8. The fourth-order valence-electron chi connectivity index (χ4n) is 5.60. The second-order valence-electron chi connectivity index (χ2n) is 11.8. The van der Waals surface area contributed by atoms with Gasteiger partial charge in [-0.05, 0) is 66.7 Å². The summed E-state index contributed by atoms with van der Waals surface area (Å²) >= 11 is -0.236. The number of likely N-dealkylation sites (tertiary alicyclic amines) is 1. The Morgan fingerprint density at radius 1 is 1.02 bits per heavy atom. The quantitative estimate of drug-likeness (QED) is 0.0941. The molecule has 2 heterocycles. The lowest BCUT2D eigenvalue weighted by Crippen LogP contribution is -2.48. The summed E-state index contributed by atoms with van der Waals surface area (Å²) in [6.07, 6.45) is -5.29. The van der Waals surface area contributed by atoms with E-state index in [4.69, 9.17) is 19.8 Å². The topological polar surface area (TPSA) is 54.8 Å². The van der Waals surface area contributed by atoms with Crippen LogP contribution in [-0.4, -0.2) is 59.5 Å². The van der Waals surface area contributed by atoms with Crippen molar-refractivity contribution in [2.45, 2.75) is 55.7 Å². The van der Waals surface area contributed by atoms with Crippen LogP contribution in [0.25, 0.3) is 22.0 Å². The van der Waals surface area contributed by atoms with Crippen LogP contribution < -0.4 is 5.43 Å². The highest BCUT2D eigenvalue weighted by Crippen LogP contribution is 2.32. The van der Waals surface area contributed by atoms with Crippen molar-refractivity contribution in [3.8, 4) is 11.1 Å². The van der Waals surface area contributed by atoms with Gasteiger partial charge in [-0.3, -0.25) is 9.59 Å². The van der Waals surface area contributed by atoms with E-state index in [-0.39, 0.29) is 59.0 Å². The summed E-state index contributed by atoms with van der Waals surface area (Å²) in [5.74, 6) is -5.02. The summed E-state index contributed by atoms with van der Waals surface area (Å²) < 4.78 is 204. The molecule has 1 fully saturated rings. The highest BCUT2D eigenvalue weighted by atomic mass is 32.2. The van der Waals surface area contributed by atoms with E-state index >= 15 is 9.18 Å². The molecule has 0 atom stereocenters. The van der Waals surface area contributed by atoms with Crippen molar-refractivity contribution in [2.24, 2.45) is 0 Å². The number of rotatable bonds is 12. The van der Waals surface area contributed by atoms with E-state index in [1.165, 1.54) is 43.3 Å². The predicted octanol–water partition coefficient (Wildman–Crippen LogP) is 8.71. The number of piperidine rings is 1. The number of alkyl halides is 3. The number of halogens is 5. The molecule has 53 heavy (non-hydrogen) atoms. The number of hydrogen-bond acceptors (Lipinski definition) is 5. The lowest BCUT2D eigenvalue weighted by atomic mass is 10.00. The molecule has 5 aromatic rings. The second-order valence-corrected chi connectivity index (χ2v) is 12.6. The number of aromatic nitrogens is 1. The number of thioether (sulfide) groups is 1.